The Hall–Kier alpha value is -3.03. The molecule has 0 saturated carbocycles. The quantitative estimate of drug-likeness (QED) is 0.589. The smallest absolute Gasteiger partial charge is 0.341 e. The van der Waals surface area contributed by atoms with Crippen molar-refractivity contribution < 1.29 is 14.6 Å². The van der Waals surface area contributed by atoms with Crippen LogP contribution in [0.15, 0.2) is 41.3 Å². The molecule has 7 nitrogen and oxygen atoms in total. The summed E-state index contributed by atoms with van der Waals surface area (Å²) in [6.07, 6.45) is 3.19. The van der Waals surface area contributed by atoms with Gasteiger partial charge in [0, 0.05) is 55.9 Å². The number of ether oxygens (including phenoxy) is 1. The number of rotatable bonds is 5. The molecule has 3 aromatic rings. The summed E-state index contributed by atoms with van der Waals surface area (Å²) < 4.78 is 7.21. The summed E-state index contributed by atoms with van der Waals surface area (Å²) in [7, 11) is 1.67. The molecule has 0 spiro atoms. The molecule has 3 heterocycles. The van der Waals surface area contributed by atoms with Gasteiger partial charge in [-0.15, -0.1) is 0 Å². The second kappa shape index (κ2) is 8.96. The first kappa shape index (κ1) is 22.7. The largest absolute Gasteiger partial charge is 0.497 e. The monoisotopic (exact) mass is 481 g/mol. The normalized spacial score (nSPS) is 18.3. The summed E-state index contributed by atoms with van der Waals surface area (Å²) in [5, 5.41) is 10.5. The number of piperazine rings is 1. The van der Waals surface area contributed by atoms with Crippen LogP contribution in [0.25, 0.3) is 10.9 Å². The number of carboxylic acid groups (broad SMARTS) is 1. The molecule has 1 saturated heterocycles. The standard InChI is InChI=1S/C26H28ClN3O4/c1-16-3-8-19-23-20(25(31)21(26(32)33)15-30(16)23)13-22(27)24(19)29-11-9-28(10-12-29)14-17-4-6-18(34-2)7-5-17/h4-7,13,15-16H,3,8-12,14H2,1-2H3,(H,32,33). The lowest BCUT2D eigenvalue weighted by Gasteiger charge is -2.39. The van der Waals surface area contributed by atoms with Crippen LogP contribution in [0.3, 0.4) is 0 Å². The van der Waals surface area contributed by atoms with Crippen LogP contribution in [0.1, 0.15) is 40.9 Å². The van der Waals surface area contributed by atoms with Crippen molar-refractivity contribution in [3.05, 3.63) is 68.5 Å². The maximum Gasteiger partial charge on any atom is 0.341 e. The van der Waals surface area contributed by atoms with Crippen LogP contribution < -0.4 is 15.1 Å². The maximum atomic E-state index is 12.9. The molecule has 34 heavy (non-hydrogen) atoms. The Morgan fingerprint density at radius 1 is 1.18 bits per heavy atom. The number of benzene rings is 2. The van der Waals surface area contributed by atoms with E-state index in [9.17, 15) is 14.7 Å². The van der Waals surface area contributed by atoms with E-state index in [1.807, 2.05) is 16.7 Å². The summed E-state index contributed by atoms with van der Waals surface area (Å²) in [5.74, 6) is -0.347. The Morgan fingerprint density at radius 2 is 1.88 bits per heavy atom. The number of hydrogen-bond acceptors (Lipinski definition) is 5. The Labute approximate surface area is 203 Å². The van der Waals surface area contributed by atoms with E-state index in [4.69, 9.17) is 16.3 Å². The highest BCUT2D eigenvalue weighted by Gasteiger charge is 2.29. The van der Waals surface area contributed by atoms with Gasteiger partial charge in [-0.25, -0.2) is 4.79 Å². The SMILES string of the molecule is COc1ccc(CN2CCN(c3c(Cl)cc4c(=O)c(C(=O)O)cn5c4c3CCC5C)CC2)cc1. The van der Waals surface area contributed by atoms with Gasteiger partial charge in [-0.3, -0.25) is 9.69 Å². The van der Waals surface area contributed by atoms with E-state index in [1.54, 1.807) is 13.2 Å². The molecule has 0 aliphatic carbocycles. The number of halogens is 1. The molecule has 2 aromatic carbocycles. The average molecular weight is 482 g/mol. The van der Waals surface area contributed by atoms with Crippen molar-refractivity contribution in [3.8, 4) is 5.75 Å². The van der Waals surface area contributed by atoms with E-state index < -0.39 is 11.4 Å². The van der Waals surface area contributed by atoms with Gasteiger partial charge in [0.1, 0.15) is 11.3 Å². The van der Waals surface area contributed by atoms with Crippen molar-refractivity contribution >= 4 is 34.2 Å². The maximum absolute atomic E-state index is 12.9. The minimum atomic E-state index is -1.21. The second-order valence-corrected chi connectivity index (χ2v) is 9.57. The third-order valence-corrected chi connectivity index (χ3v) is 7.40. The molecule has 1 fully saturated rings. The van der Waals surface area contributed by atoms with E-state index in [2.05, 4.69) is 28.9 Å². The van der Waals surface area contributed by atoms with Gasteiger partial charge >= 0.3 is 5.97 Å². The predicted molar refractivity (Wildman–Crippen MR) is 134 cm³/mol. The average Bonchev–Trinajstić information content (AvgIpc) is 2.83. The molecular weight excluding hydrogens is 454 g/mol. The van der Waals surface area contributed by atoms with Crippen molar-refractivity contribution in [1.82, 2.24) is 9.47 Å². The molecule has 1 unspecified atom stereocenters. The molecule has 1 atom stereocenters. The molecule has 2 aliphatic rings. The van der Waals surface area contributed by atoms with Gasteiger partial charge in [0.05, 0.1) is 23.3 Å². The molecule has 1 aromatic heterocycles. The molecular formula is C26H28ClN3O4. The lowest BCUT2D eigenvalue weighted by Crippen LogP contribution is -2.46. The van der Waals surface area contributed by atoms with E-state index in [-0.39, 0.29) is 11.6 Å². The lowest BCUT2D eigenvalue weighted by molar-refractivity contribution is 0.0694. The van der Waals surface area contributed by atoms with Gasteiger partial charge < -0.3 is 19.3 Å². The Kier molecular flexibility index (Phi) is 6.00. The van der Waals surface area contributed by atoms with Gasteiger partial charge in [0.2, 0.25) is 5.43 Å². The molecule has 178 valence electrons. The highest BCUT2D eigenvalue weighted by Crippen LogP contribution is 2.41. The van der Waals surface area contributed by atoms with Crippen LogP contribution >= 0.6 is 11.6 Å². The fourth-order valence-corrected chi connectivity index (χ4v) is 5.59. The van der Waals surface area contributed by atoms with E-state index in [0.717, 1.165) is 68.1 Å². The summed E-state index contributed by atoms with van der Waals surface area (Å²) >= 11 is 6.77. The second-order valence-electron chi connectivity index (χ2n) is 9.17. The fraction of sp³-hybridized carbons (Fsp3) is 0.385. The predicted octanol–water partition coefficient (Wildman–Crippen LogP) is 4.19. The molecule has 5 rings (SSSR count). The van der Waals surface area contributed by atoms with Gasteiger partial charge in [-0.2, -0.15) is 0 Å². The van der Waals surface area contributed by atoms with Crippen LogP contribution in [0, 0.1) is 0 Å². The fourth-order valence-electron chi connectivity index (χ4n) is 5.25. The number of anilines is 1. The first-order valence-corrected chi connectivity index (χ1v) is 12.0. The number of aryl methyl sites for hydroxylation is 1. The van der Waals surface area contributed by atoms with Crippen molar-refractivity contribution in [2.75, 3.05) is 38.2 Å². The van der Waals surface area contributed by atoms with Crippen molar-refractivity contribution in [1.29, 1.82) is 0 Å². The number of hydrogen-bond donors (Lipinski definition) is 1. The summed E-state index contributed by atoms with van der Waals surface area (Å²) in [6.45, 7) is 6.42. The van der Waals surface area contributed by atoms with Gasteiger partial charge in [-0.05, 0) is 43.5 Å². The third kappa shape index (κ3) is 3.93. The number of aromatic carboxylic acids is 1. The summed E-state index contributed by atoms with van der Waals surface area (Å²) in [5.41, 5.74) is 3.45. The summed E-state index contributed by atoms with van der Waals surface area (Å²) in [6, 6.07) is 9.96. The van der Waals surface area contributed by atoms with E-state index in [1.165, 1.54) is 11.8 Å². The minimum absolute atomic E-state index is 0.115. The molecule has 8 heteroatoms. The van der Waals surface area contributed by atoms with Crippen LogP contribution in [0.2, 0.25) is 5.02 Å². The Morgan fingerprint density at radius 3 is 2.53 bits per heavy atom. The van der Waals surface area contributed by atoms with E-state index >= 15 is 0 Å². The molecule has 0 bridgehead atoms. The number of carboxylic acids is 1. The number of nitrogens with zero attached hydrogens (tertiary/aromatic N) is 3. The number of carbonyl (C=O) groups is 1. The van der Waals surface area contributed by atoms with Crippen LogP contribution in [0.5, 0.6) is 5.75 Å². The van der Waals surface area contributed by atoms with E-state index in [0.29, 0.717) is 10.4 Å². The minimum Gasteiger partial charge on any atom is -0.497 e. The third-order valence-electron chi connectivity index (χ3n) is 7.11. The molecule has 2 aliphatic heterocycles. The zero-order valence-corrected chi connectivity index (χ0v) is 20.1. The number of methoxy groups -OCH3 is 1. The van der Waals surface area contributed by atoms with Crippen molar-refractivity contribution in [2.45, 2.75) is 32.4 Å². The first-order valence-electron chi connectivity index (χ1n) is 11.6. The van der Waals surface area contributed by atoms with Crippen molar-refractivity contribution in [2.24, 2.45) is 0 Å². The van der Waals surface area contributed by atoms with Gasteiger partial charge in [0.25, 0.3) is 0 Å². The number of pyridine rings is 1. The van der Waals surface area contributed by atoms with Crippen LogP contribution in [-0.4, -0.2) is 53.8 Å². The molecule has 0 amide bonds. The number of aromatic nitrogens is 1. The Bertz CT molecular complexity index is 1310. The lowest BCUT2D eigenvalue weighted by atomic mass is 9.93. The summed E-state index contributed by atoms with van der Waals surface area (Å²) in [4.78, 5) is 29.4. The Balaban J connectivity index is 1.45. The zero-order valence-electron chi connectivity index (χ0n) is 19.4. The highest BCUT2D eigenvalue weighted by atomic mass is 35.5. The zero-order chi connectivity index (χ0) is 24.0. The van der Waals surface area contributed by atoms with Crippen LogP contribution in [0.4, 0.5) is 5.69 Å². The molecule has 1 N–H and O–H groups in total. The topological polar surface area (TPSA) is 75.0 Å². The van der Waals surface area contributed by atoms with Gasteiger partial charge in [-0.1, -0.05) is 23.7 Å². The molecule has 0 radical (unpaired) electrons. The van der Waals surface area contributed by atoms with Crippen LogP contribution in [-0.2, 0) is 13.0 Å². The van der Waals surface area contributed by atoms with Gasteiger partial charge in [0.15, 0.2) is 0 Å². The van der Waals surface area contributed by atoms with Crippen molar-refractivity contribution in [3.63, 3.8) is 0 Å². The highest BCUT2D eigenvalue weighted by molar-refractivity contribution is 6.34. The first-order chi connectivity index (χ1) is 16.4.